The second-order valence-corrected chi connectivity index (χ2v) is 8.20. The molecule has 1 aliphatic rings. The SMILES string of the molecule is COc1ccccc1CN1C(=O)C(Nc2cc(C)cc(C)c2)=C(c2ccc(Cl)cc2)C1=O. The summed E-state index contributed by atoms with van der Waals surface area (Å²) in [5.41, 5.74) is 4.82. The minimum atomic E-state index is -0.384. The predicted octanol–water partition coefficient (Wildman–Crippen LogP) is 5.36. The lowest BCUT2D eigenvalue weighted by molar-refractivity contribution is -0.137. The van der Waals surface area contributed by atoms with Gasteiger partial charge in [-0.3, -0.25) is 14.5 Å². The minimum Gasteiger partial charge on any atom is -0.496 e. The second kappa shape index (κ2) is 8.89. The van der Waals surface area contributed by atoms with E-state index < -0.39 is 0 Å². The molecule has 0 atom stereocenters. The van der Waals surface area contributed by atoms with E-state index in [0.717, 1.165) is 22.4 Å². The van der Waals surface area contributed by atoms with Crippen molar-refractivity contribution in [2.75, 3.05) is 12.4 Å². The summed E-state index contributed by atoms with van der Waals surface area (Å²) in [4.78, 5) is 28.2. The molecule has 0 saturated carbocycles. The van der Waals surface area contributed by atoms with Crippen LogP contribution in [0.4, 0.5) is 5.69 Å². The van der Waals surface area contributed by atoms with E-state index in [-0.39, 0.29) is 24.1 Å². The Morgan fingerprint density at radius 2 is 1.56 bits per heavy atom. The number of nitrogens with zero attached hydrogens (tertiary/aromatic N) is 1. The lowest BCUT2D eigenvalue weighted by atomic mass is 10.0. The van der Waals surface area contributed by atoms with Crippen LogP contribution in [0.15, 0.2) is 72.4 Å². The standard InChI is InChI=1S/C26H23ClN2O3/c1-16-12-17(2)14-21(13-16)28-24-23(18-8-10-20(27)11-9-18)25(30)29(26(24)31)15-19-6-4-5-7-22(19)32-3/h4-14,28H,15H2,1-3H3. The average molecular weight is 447 g/mol. The smallest absolute Gasteiger partial charge is 0.278 e. The zero-order valence-electron chi connectivity index (χ0n) is 18.1. The van der Waals surface area contributed by atoms with Crippen molar-refractivity contribution in [3.8, 4) is 5.75 Å². The van der Waals surface area contributed by atoms with E-state index in [4.69, 9.17) is 16.3 Å². The molecule has 3 aromatic rings. The van der Waals surface area contributed by atoms with Crippen LogP contribution in [0.3, 0.4) is 0 Å². The van der Waals surface area contributed by atoms with Crippen molar-refractivity contribution in [1.82, 2.24) is 4.90 Å². The fourth-order valence-electron chi connectivity index (χ4n) is 3.92. The summed E-state index contributed by atoms with van der Waals surface area (Å²) in [6.07, 6.45) is 0. The molecule has 162 valence electrons. The van der Waals surface area contributed by atoms with Gasteiger partial charge >= 0.3 is 0 Å². The Bertz CT molecular complexity index is 1210. The molecule has 0 spiro atoms. The third kappa shape index (κ3) is 4.25. The van der Waals surface area contributed by atoms with Gasteiger partial charge in [0.05, 0.1) is 19.2 Å². The number of para-hydroxylation sites is 1. The normalized spacial score (nSPS) is 13.7. The lowest BCUT2D eigenvalue weighted by Gasteiger charge is -2.17. The molecule has 5 nitrogen and oxygen atoms in total. The molecule has 0 radical (unpaired) electrons. The van der Waals surface area contributed by atoms with Gasteiger partial charge in [-0.1, -0.05) is 48.0 Å². The molecular weight excluding hydrogens is 424 g/mol. The van der Waals surface area contributed by atoms with Crippen molar-refractivity contribution in [1.29, 1.82) is 0 Å². The number of anilines is 1. The van der Waals surface area contributed by atoms with Gasteiger partial charge in [-0.2, -0.15) is 0 Å². The number of carbonyl (C=O) groups is 2. The predicted molar refractivity (Wildman–Crippen MR) is 126 cm³/mol. The summed E-state index contributed by atoms with van der Waals surface area (Å²) in [6, 6.07) is 20.2. The second-order valence-electron chi connectivity index (χ2n) is 7.77. The van der Waals surface area contributed by atoms with Gasteiger partial charge in [-0.15, -0.1) is 0 Å². The molecule has 4 rings (SSSR count). The number of ether oxygens (including phenoxy) is 1. The number of benzene rings is 3. The van der Waals surface area contributed by atoms with Crippen molar-refractivity contribution in [3.05, 3.63) is 99.7 Å². The molecule has 32 heavy (non-hydrogen) atoms. The van der Waals surface area contributed by atoms with Gasteiger partial charge in [0.25, 0.3) is 11.8 Å². The van der Waals surface area contributed by atoms with E-state index in [9.17, 15) is 9.59 Å². The zero-order valence-corrected chi connectivity index (χ0v) is 18.9. The number of hydrogen-bond acceptors (Lipinski definition) is 4. The third-order valence-corrected chi connectivity index (χ3v) is 5.56. The maximum Gasteiger partial charge on any atom is 0.278 e. The van der Waals surface area contributed by atoms with Crippen LogP contribution in [-0.2, 0) is 16.1 Å². The first kappa shape index (κ1) is 21.7. The van der Waals surface area contributed by atoms with Crippen molar-refractivity contribution < 1.29 is 14.3 Å². The zero-order chi connectivity index (χ0) is 22.8. The number of halogens is 1. The highest BCUT2D eigenvalue weighted by atomic mass is 35.5. The van der Waals surface area contributed by atoms with Gasteiger partial charge in [0.15, 0.2) is 0 Å². The molecule has 1 N–H and O–H groups in total. The van der Waals surface area contributed by atoms with Crippen LogP contribution >= 0.6 is 11.6 Å². The van der Waals surface area contributed by atoms with E-state index in [1.807, 2.05) is 50.2 Å². The summed E-state index contributed by atoms with van der Waals surface area (Å²) in [5, 5.41) is 3.77. The average Bonchev–Trinajstić information content (AvgIpc) is 2.98. The summed E-state index contributed by atoms with van der Waals surface area (Å²) in [6.45, 7) is 4.08. The van der Waals surface area contributed by atoms with E-state index in [0.29, 0.717) is 21.9 Å². The van der Waals surface area contributed by atoms with Crippen molar-refractivity contribution in [2.45, 2.75) is 20.4 Å². The molecule has 6 heteroatoms. The Morgan fingerprint density at radius 1 is 0.906 bits per heavy atom. The number of hydrogen-bond donors (Lipinski definition) is 1. The van der Waals surface area contributed by atoms with Gasteiger partial charge in [0, 0.05) is 16.3 Å². The Hall–Kier alpha value is -3.57. The Labute approximate surface area is 192 Å². The maximum absolute atomic E-state index is 13.5. The number of methoxy groups -OCH3 is 1. The lowest BCUT2D eigenvalue weighted by Crippen LogP contribution is -2.32. The van der Waals surface area contributed by atoms with E-state index in [1.54, 1.807) is 31.4 Å². The molecule has 0 aromatic heterocycles. The summed E-state index contributed by atoms with van der Waals surface area (Å²) in [5.74, 6) is -0.128. The van der Waals surface area contributed by atoms with Crippen LogP contribution < -0.4 is 10.1 Å². The maximum atomic E-state index is 13.5. The van der Waals surface area contributed by atoms with Gasteiger partial charge in [-0.25, -0.2) is 0 Å². The highest BCUT2D eigenvalue weighted by Gasteiger charge is 2.39. The van der Waals surface area contributed by atoms with Crippen LogP contribution in [0.25, 0.3) is 5.57 Å². The molecule has 0 aliphatic carbocycles. The Kier molecular flexibility index (Phi) is 6.01. The van der Waals surface area contributed by atoms with Gasteiger partial charge in [0.1, 0.15) is 11.4 Å². The van der Waals surface area contributed by atoms with Gasteiger partial charge in [-0.05, 0) is 60.9 Å². The van der Waals surface area contributed by atoms with E-state index in [2.05, 4.69) is 11.4 Å². The number of carbonyl (C=O) groups excluding carboxylic acids is 2. The topological polar surface area (TPSA) is 58.6 Å². The van der Waals surface area contributed by atoms with Gasteiger partial charge in [0.2, 0.25) is 0 Å². The number of imide groups is 1. The van der Waals surface area contributed by atoms with Crippen LogP contribution in [0.5, 0.6) is 5.75 Å². The first-order valence-electron chi connectivity index (χ1n) is 10.2. The van der Waals surface area contributed by atoms with Crippen LogP contribution in [0.1, 0.15) is 22.3 Å². The highest BCUT2D eigenvalue weighted by molar-refractivity contribution is 6.36. The molecule has 0 fully saturated rings. The molecule has 0 unspecified atom stereocenters. The first-order valence-corrected chi connectivity index (χ1v) is 10.6. The van der Waals surface area contributed by atoms with E-state index >= 15 is 0 Å². The first-order chi connectivity index (χ1) is 15.4. The Balaban J connectivity index is 1.76. The molecular formula is C26H23ClN2O3. The van der Waals surface area contributed by atoms with Gasteiger partial charge < -0.3 is 10.1 Å². The Morgan fingerprint density at radius 3 is 2.22 bits per heavy atom. The summed E-state index contributed by atoms with van der Waals surface area (Å²) in [7, 11) is 1.57. The summed E-state index contributed by atoms with van der Waals surface area (Å²) >= 11 is 6.05. The van der Waals surface area contributed by atoms with E-state index in [1.165, 1.54) is 4.90 Å². The molecule has 0 bridgehead atoms. The summed E-state index contributed by atoms with van der Waals surface area (Å²) < 4.78 is 5.41. The number of nitrogens with one attached hydrogen (secondary N) is 1. The molecule has 2 amide bonds. The molecule has 3 aromatic carbocycles. The third-order valence-electron chi connectivity index (χ3n) is 5.31. The van der Waals surface area contributed by atoms with Crippen LogP contribution in [0, 0.1) is 13.8 Å². The molecule has 0 saturated heterocycles. The molecule has 1 heterocycles. The molecule has 1 aliphatic heterocycles. The van der Waals surface area contributed by atoms with Crippen LogP contribution in [-0.4, -0.2) is 23.8 Å². The largest absolute Gasteiger partial charge is 0.496 e. The van der Waals surface area contributed by atoms with Crippen molar-refractivity contribution in [2.24, 2.45) is 0 Å². The number of aryl methyl sites for hydroxylation is 2. The monoisotopic (exact) mass is 446 g/mol. The number of amides is 2. The van der Waals surface area contributed by atoms with Crippen LogP contribution in [0.2, 0.25) is 5.02 Å². The highest BCUT2D eigenvalue weighted by Crippen LogP contribution is 2.33. The fraction of sp³-hybridized carbons (Fsp3) is 0.154. The van der Waals surface area contributed by atoms with Crippen molar-refractivity contribution >= 4 is 34.7 Å². The van der Waals surface area contributed by atoms with Crippen molar-refractivity contribution in [3.63, 3.8) is 0 Å². The number of rotatable bonds is 6. The fourth-order valence-corrected chi connectivity index (χ4v) is 4.04. The minimum absolute atomic E-state index is 0.108. The quantitative estimate of drug-likeness (QED) is 0.518.